The van der Waals surface area contributed by atoms with Crippen LogP contribution in [-0.4, -0.2) is 36.7 Å². The lowest BCUT2D eigenvalue weighted by Crippen LogP contribution is -2.20. The van der Waals surface area contributed by atoms with Gasteiger partial charge in [0.25, 0.3) is 0 Å². The lowest BCUT2D eigenvalue weighted by molar-refractivity contribution is -0.140. The summed E-state index contributed by atoms with van der Waals surface area (Å²) in [4.78, 5) is 13.1. The smallest absolute Gasteiger partial charge is 0.305 e. The van der Waals surface area contributed by atoms with Gasteiger partial charge in [0.1, 0.15) is 5.76 Å². The zero-order valence-electron chi connectivity index (χ0n) is 10.9. The van der Waals surface area contributed by atoms with Crippen LogP contribution in [0.1, 0.15) is 29.9 Å². The number of hydrogen-bond donors (Lipinski definition) is 0. The second-order valence-electron chi connectivity index (χ2n) is 4.22. The van der Waals surface area contributed by atoms with E-state index in [1.807, 2.05) is 20.9 Å². The maximum Gasteiger partial charge on any atom is 0.305 e. The number of rotatable bonds is 6. The molecule has 1 heterocycles. The molecule has 0 N–H and O–H groups in total. The normalized spacial score (nSPS) is 10.9. The summed E-state index contributed by atoms with van der Waals surface area (Å²) >= 11 is 0. The summed E-state index contributed by atoms with van der Waals surface area (Å²) in [6.45, 7) is 5.49. The molecule has 5 heteroatoms. The van der Waals surface area contributed by atoms with Gasteiger partial charge in [-0.15, -0.1) is 0 Å². The molecular formula is C12H20N2O3. The average Bonchev–Trinajstić information content (AvgIpc) is 2.60. The zero-order valence-corrected chi connectivity index (χ0v) is 10.9. The monoisotopic (exact) mass is 240 g/mol. The number of aromatic nitrogens is 1. The van der Waals surface area contributed by atoms with Crippen LogP contribution in [0.2, 0.25) is 0 Å². The number of carbonyl (C=O) groups excluding carboxylic acids is 1. The molecule has 1 aromatic rings. The number of methoxy groups -OCH3 is 1. The highest BCUT2D eigenvalue weighted by molar-refractivity contribution is 5.69. The molecule has 0 aliphatic carbocycles. The van der Waals surface area contributed by atoms with Gasteiger partial charge in [-0.05, 0) is 33.9 Å². The second kappa shape index (κ2) is 6.39. The van der Waals surface area contributed by atoms with Crippen LogP contribution in [0.15, 0.2) is 4.52 Å². The van der Waals surface area contributed by atoms with Crippen LogP contribution >= 0.6 is 0 Å². The highest BCUT2D eigenvalue weighted by Crippen LogP contribution is 2.14. The highest BCUT2D eigenvalue weighted by atomic mass is 16.5. The van der Waals surface area contributed by atoms with Crippen LogP contribution in [0.5, 0.6) is 0 Å². The van der Waals surface area contributed by atoms with Crippen molar-refractivity contribution in [3.8, 4) is 0 Å². The Kier molecular flexibility index (Phi) is 5.15. The molecule has 0 aliphatic heterocycles. The van der Waals surface area contributed by atoms with Crippen molar-refractivity contribution < 1.29 is 14.1 Å². The Hall–Kier alpha value is -1.36. The molecule has 5 nitrogen and oxygen atoms in total. The van der Waals surface area contributed by atoms with E-state index in [1.54, 1.807) is 0 Å². The molecule has 0 radical (unpaired) electrons. The lowest BCUT2D eigenvalue weighted by atomic mass is 10.2. The molecule has 0 atom stereocenters. The second-order valence-corrected chi connectivity index (χ2v) is 4.22. The Labute approximate surface area is 102 Å². The Morgan fingerprint density at radius 2 is 2.18 bits per heavy atom. The van der Waals surface area contributed by atoms with Gasteiger partial charge in [-0.25, -0.2) is 0 Å². The zero-order chi connectivity index (χ0) is 12.8. The van der Waals surface area contributed by atoms with Crippen LogP contribution in [-0.2, 0) is 16.1 Å². The minimum Gasteiger partial charge on any atom is -0.469 e. The molecule has 0 amide bonds. The van der Waals surface area contributed by atoms with Gasteiger partial charge in [0, 0.05) is 18.5 Å². The summed E-state index contributed by atoms with van der Waals surface area (Å²) in [5, 5.41) is 3.92. The van der Waals surface area contributed by atoms with Gasteiger partial charge < -0.3 is 14.2 Å². The van der Waals surface area contributed by atoms with Crippen molar-refractivity contribution >= 4 is 5.97 Å². The van der Waals surface area contributed by atoms with Crippen LogP contribution in [0.4, 0.5) is 0 Å². The van der Waals surface area contributed by atoms with Crippen molar-refractivity contribution in [2.75, 3.05) is 20.7 Å². The van der Waals surface area contributed by atoms with Gasteiger partial charge in [-0.1, -0.05) is 5.16 Å². The molecular weight excluding hydrogens is 220 g/mol. The topological polar surface area (TPSA) is 55.6 Å². The first-order valence-electron chi connectivity index (χ1n) is 5.71. The van der Waals surface area contributed by atoms with Gasteiger partial charge in [0.05, 0.1) is 12.8 Å². The van der Waals surface area contributed by atoms with E-state index in [9.17, 15) is 4.79 Å². The van der Waals surface area contributed by atoms with Gasteiger partial charge in [0.15, 0.2) is 0 Å². The highest BCUT2D eigenvalue weighted by Gasteiger charge is 2.11. The van der Waals surface area contributed by atoms with Gasteiger partial charge >= 0.3 is 5.97 Å². The average molecular weight is 240 g/mol. The van der Waals surface area contributed by atoms with E-state index in [0.29, 0.717) is 6.42 Å². The van der Waals surface area contributed by atoms with Crippen molar-refractivity contribution in [2.24, 2.45) is 0 Å². The Morgan fingerprint density at radius 3 is 2.71 bits per heavy atom. The molecule has 0 aromatic carbocycles. The van der Waals surface area contributed by atoms with E-state index >= 15 is 0 Å². The molecule has 1 aromatic heterocycles. The predicted molar refractivity (Wildman–Crippen MR) is 63.6 cm³/mol. The van der Waals surface area contributed by atoms with E-state index in [0.717, 1.165) is 36.5 Å². The molecule has 0 spiro atoms. The molecule has 1 rings (SSSR count). The van der Waals surface area contributed by atoms with Crippen LogP contribution < -0.4 is 0 Å². The van der Waals surface area contributed by atoms with Crippen molar-refractivity contribution in [3.05, 3.63) is 17.0 Å². The molecule has 0 saturated heterocycles. The first-order valence-corrected chi connectivity index (χ1v) is 5.71. The maximum atomic E-state index is 11.0. The van der Waals surface area contributed by atoms with Crippen molar-refractivity contribution in [3.63, 3.8) is 0 Å². The summed E-state index contributed by atoms with van der Waals surface area (Å²) in [5.41, 5.74) is 2.06. The summed E-state index contributed by atoms with van der Waals surface area (Å²) < 4.78 is 9.70. The molecule has 0 unspecified atom stereocenters. The number of aryl methyl sites for hydroxylation is 2. The molecule has 17 heavy (non-hydrogen) atoms. The summed E-state index contributed by atoms with van der Waals surface area (Å²) in [6, 6.07) is 0. The standard InChI is InChI=1S/C12H20N2O3/c1-9-11(10(2)17-13-9)8-14(3)7-5-6-12(15)16-4/h5-8H2,1-4H3. The van der Waals surface area contributed by atoms with Gasteiger partial charge in [-0.2, -0.15) is 0 Å². The van der Waals surface area contributed by atoms with Gasteiger partial charge in [0.2, 0.25) is 0 Å². The number of nitrogens with zero attached hydrogens (tertiary/aromatic N) is 2. The number of hydrogen-bond acceptors (Lipinski definition) is 5. The summed E-state index contributed by atoms with van der Waals surface area (Å²) in [7, 11) is 3.43. The number of esters is 1. The van der Waals surface area contributed by atoms with Crippen LogP contribution in [0, 0.1) is 13.8 Å². The van der Waals surface area contributed by atoms with Crippen molar-refractivity contribution in [1.29, 1.82) is 0 Å². The van der Waals surface area contributed by atoms with E-state index in [2.05, 4.69) is 14.8 Å². The Balaban J connectivity index is 2.35. The Morgan fingerprint density at radius 1 is 1.47 bits per heavy atom. The molecule has 0 bridgehead atoms. The summed E-state index contributed by atoms with van der Waals surface area (Å²) in [6.07, 6.45) is 1.26. The Bertz CT molecular complexity index is 354. The fourth-order valence-electron chi connectivity index (χ4n) is 1.67. The predicted octanol–water partition coefficient (Wildman–Crippen LogP) is 1.68. The molecule has 96 valence electrons. The van der Waals surface area contributed by atoms with E-state index in [1.165, 1.54) is 7.11 Å². The third kappa shape index (κ3) is 4.19. The minimum atomic E-state index is -0.157. The van der Waals surface area contributed by atoms with Crippen LogP contribution in [0.3, 0.4) is 0 Å². The van der Waals surface area contributed by atoms with E-state index < -0.39 is 0 Å². The van der Waals surface area contributed by atoms with E-state index in [4.69, 9.17) is 4.52 Å². The van der Waals surface area contributed by atoms with Crippen molar-refractivity contribution in [1.82, 2.24) is 10.1 Å². The fourth-order valence-corrected chi connectivity index (χ4v) is 1.67. The van der Waals surface area contributed by atoms with Crippen molar-refractivity contribution in [2.45, 2.75) is 33.2 Å². The largest absolute Gasteiger partial charge is 0.469 e. The number of ether oxygens (including phenoxy) is 1. The van der Waals surface area contributed by atoms with Gasteiger partial charge in [-0.3, -0.25) is 4.79 Å². The third-order valence-corrected chi connectivity index (χ3v) is 2.76. The first-order chi connectivity index (χ1) is 8.04. The number of carbonyl (C=O) groups is 1. The minimum absolute atomic E-state index is 0.157. The molecule has 0 aliphatic rings. The lowest BCUT2D eigenvalue weighted by Gasteiger charge is -2.15. The van der Waals surface area contributed by atoms with E-state index in [-0.39, 0.29) is 5.97 Å². The molecule has 0 fully saturated rings. The quantitative estimate of drug-likeness (QED) is 0.708. The first kappa shape index (κ1) is 13.7. The summed E-state index contributed by atoms with van der Waals surface area (Å²) in [5.74, 6) is 0.707. The fraction of sp³-hybridized carbons (Fsp3) is 0.667. The maximum absolute atomic E-state index is 11.0. The molecule has 0 saturated carbocycles. The third-order valence-electron chi connectivity index (χ3n) is 2.76. The van der Waals surface area contributed by atoms with Crippen LogP contribution in [0.25, 0.3) is 0 Å². The SMILES string of the molecule is COC(=O)CCCN(C)Cc1c(C)noc1C.